The Bertz CT molecular complexity index is 677. The quantitative estimate of drug-likeness (QED) is 0.500. The molecule has 2 rings (SSSR count). The molecule has 0 aromatic heterocycles. The minimum absolute atomic E-state index is 0.0285. The first-order valence-corrected chi connectivity index (χ1v) is 10.7. The van der Waals surface area contributed by atoms with E-state index in [0.29, 0.717) is 12.5 Å². The molecular weight excluding hydrogens is 364 g/mol. The zero-order valence-corrected chi connectivity index (χ0v) is 18.8. The number of hydrogen-bond donors (Lipinski definition) is 3. The second-order valence-corrected chi connectivity index (χ2v) is 9.21. The molecule has 162 valence electrons. The Labute approximate surface area is 175 Å². The van der Waals surface area contributed by atoms with Crippen LogP contribution in [0.1, 0.15) is 53.0 Å². The summed E-state index contributed by atoms with van der Waals surface area (Å²) in [5.74, 6) is 1.27. The van der Waals surface area contributed by atoms with E-state index >= 15 is 0 Å². The van der Waals surface area contributed by atoms with E-state index in [-0.39, 0.29) is 23.3 Å². The molecule has 0 aliphatic carbocycles. The number of anilines is 1. The van der Waals surface area contributed by atoms with Crippen molar-refractivity contribution >= 4 is 17.6 Å². The van der Waals surface area contributed by atoms with Crippen molar-refractivity contribution in [1.82, 2.24) is 10.6 Å². The van der Waals surface area contributed by atoms with Crippen LogP contribution in [-0.4, -0.2) is 38.2 Å². The molecule has 2 unspecified atom stereocenters. The van der Waals surface area contributed by atoms with Crippen LogP contribution in [0.5, 0.6) is 0 Å². The summed E-state index contributed by atoms with van der Waals surface area (Å²) in [4.78, 5) is 16.1. The molecule has 0 saturated carbocycles. The van der Waals surface area contributed by atoms with Crippen molar-refractivity contribution in [3.05, 3.63) is 29.8 Å². The SMILES string of the molecule is CN=C(NCc1ccc(NC(=O)C(C)C)cc1)NCC1CCCOC1C(C)(C)C. The summed E-state index contributed by atoms with van der Waals surface area (Å²) < 4.78 is 6.07. The fraction of sp³-hybridized carbons (Fsp3) is 0.652. The Kier molecular flexibility index (Phi) is 8.50. The Morgan fingerprint density at radius 2 is 1.90 bits per heavy atom. The summed E-state index contributed by atoms with van der Waals surface area (Å²) in [6.45, 7) is 12.9. The van der Waals surface area contributed by atoms with Gasteiger partial charge >= 0.3 is 0 Å². The molecule has 1 aromatic rings. The van der Waals surface area contributed by atoms with Crippen LogP contribution in [0.15, 0.2) is 29.3 Å². The van der Waals surface area contributed by atoms with Crippen molar-refractivity contribution in [2.24, 2.45) is 22.2 Å². The van der Waals surface area contributed by atoms with Gasteiger partial charge in [0.25, 0.3) is 0 Å². The summed E-state index contributed by atoms with van der Waals surface area (Å²) in [6, 6.07) is 7.89. The normalized spacial score (nSPS) is 20.4. The van der Waals surface area contributed by atoms with Crippen molar-refractivity contribution < 1.29 is 9.53 Å². The third-order valence-electron chi connectivity index (χ3n) is 5.26. The number of benzene rings is 1. The number of carbonyl (C=O) groups is 1. The lowest BCUT2D eigenvalue weighted by atomic mass is 9.78. The van der Waals surface area contributed by atoms with Crippen LogP contribution in [-0.2, 0) is 16.1 Å². The molecule has 1 amide bonds. The number of nitrogens with one attached hydrogen (secondary N) is 3. The van der Waals surface area contributed by atoms with Gasteiger partial charge in [-0.25, -0.2) is 0 Å². The lowest BCUT2D eigenvalue weighted by Gasteiger charge is -2.40. The van der Waals surface area contributed by atoms with Crippen molar-refractivity contribution in [3.8, 4) is 0 Å². The van der Waals surface area contributed by atoms with E-state index in [4.69, 9.17) is 4.74 Å². The predicted octanol–water partition coefficient (Wildman–Crippen LogP) is 3.79. The number of guanidine groups is 1. The highest BCUT2D eigenvalue weighted by molar-refractivity contribution is 5.92. The van der Waals surface area contributed by atoms with Gasteiger partial charge in [0.2, 0.25) is 5.91 Å². The molecule has 1 aromatic carbocycles. The van der Waals surface area contributed by atoms with E-state index in [1.54, 1.807) is 7.05 Å². The highest BCUT2D eigenvalue weighted by Crippen LogP contribution is 2.33. The topological polar surface area (TPSA) is 74.8 Å². The fourth-order valence-electron chi connectivity index (χ4n) is 3.64. The number of nitrogens with zero attached hydrogens (tertiary/aromatic N) is 1. The number of amides is 1. The summed E-state index contributed by atoms with van der Waals surface area (Å²) in [7, 11) is 1.79. The lowest BCUT2D eigenvalue weighted by molar-refractivity contribution is -0.118. The first kappa shape index (κ1) is 23.2. The predicted molar refractivity (Wildman–Crippen MR) is 120 cm³/mol. The molecule has 0 radical (unpaired) electrons. The molecule has 2 atom stereocenters. The molecule has 0 bridgehead atoms. The van der Waals surface area contributed by atoms with E-state index in [1.807, 2.05) is 38.1 Å². The van der Waals surface area contributed by atoms with Crippen LogP contribution < -0.4 is 16.0 Å². The highest BCUT2D eigenvalue weighted by atomic mass is 16.5. The van der Waals surface area contributed by atoms with Gasteiger partial charge in [-0.05, 0) is 36.0 Å². The molecule has 29 heavy (non-hydrogen) atoms. The van der Waals surface area contributed by atoms with Crippen molar-refractivity contribution in [2.45, 2.75) is 60.1 Å². The largest absolute Gasteiger partial charge is 0.377 e. The van der Waals surface area contributed by atoms with E-state index in [1.165, 1.54) is 6.42 Å². The van der Waals surface area contributed by atoms with Gasteiger partial charge in [-0.3, -0.25) is 9.79 Å². The molecule has 6 heteroatoms. The number of aliphatic imine (C=N–C) groups is 1. The Hall–Kier alpha value is -2.08. The lowest BCUT2D eigenvalue weighted by Crippen LogP contribution is -2.47. The average molecular weight is 403 g/mol. The van der Waals surface area contributed by atoms with Gasteiger partial charge in [0.05, 0.1) is 6.10 Å². The standard InChI is InChI=1S/C23H38N4O2/c1-16(2)21(28)27-19-11-9-17(10-12-19)14-25-22(24-6)26-15-18-8-7-13-29-20(18)23(3,4)5/h9-12,16,18,20H,7-8,13-15H2,1-6H3,(H,27,28)(H2,24,25,26). The van der Waals surface area contributed by atoms with Crippen LogP contribution in [0.2, 0.25) is 0 Å². The average Bonchev–Trinajstić information content (AvgIpc) is 2.68. The molecule has 1 aliphatic rings. The van der Waals surface area contributed by atoms with Gasteiger partial charge in [-0.1, -0.05) is 46.8 Å². The Morgan fingerprint density at radius 3 is 2.48 bits per heavy atom. The van der Waals surface area contributed by atoms with E-state index in [0.717, 1.165) is 36.8 Å². The second-order valence-electron chi connectivity index (χ2n) is 9.21. The summed E-state index contributed by atoms with van der Waals surface area (Å²) >= 11 is 0. The molecule has 0 spiro atoms. The van der Waals surface area contributed by atoms with Gasteiger partial charge in [0.1, 0.15) is 0 Å². The van der Waals surface area contributed by atoms with Crippen molar-refractivity contribution in [2.75, 3.05) is 25.5 Å². The maximum absolute atomic E-state index is 11.8. The van der Waals surface area contributed by atoms with Gasteiger partial charge in [0, 0.05) is 44.3 Å². The Morgan fingerprint density at radius 1 is 1.21 bits per heavy atom. The molecule has 1 saturated heterocycles. The van der Waals surface area contributed by atoms with Crippen LogP contribution in [0.4, 0.5) is 5.69 Å². The monoisotopic (exact) mass is 402 g/mol. The smallest absolute Gasteiger partial charge is 0.226 e. The minimum atomic E-state index is -0.0295. The van der Waals surface area contributed by atoms with Crippen LogP contribution in [0, 0.1) is 17.3 Å². The molecular formula is C23H38N4O2. The third kappa shape index (κ3) is 7.35. The van der Waals surface area contributed by atoms with Gasteiger partial charge in [-0.2, -0.15) is 0 Å². The van der Waals surface area contributed by atoms with Crippen molar-refractivity contribution in [1.29, 1.82) is 0 Å². The summed E-state index contributed by atoms with van der Waals surface area (Å²) in [5, 5.41) is 9.74. The van der Waals surface area contributed by atoms with Gasteiger partial charge in [0.15, 0.2) is 5.96 Å². The fourth-order valence-corrected chi connectivity index (χ4v) is 3.64. The van der Waals surface area contributed by atoms with Crippen molar-refractivity contribution in [3.63, 3.8) is 0 Å². The summed E-state index contributed by atoms with van der Waals surface area (Å²) in [6.07, 6.45) is 2.55. The molecule has 1 heterocycles. The van der Waals surface area contributed by atoms with Crippen LogP contribution >= 0.6 is 0 Å². The van der Waals surface area contributed by atoms with Gasteiger partial charge < -0.3 is 20.7 Å². The van der Waals surface area contributed by atoms with E-state index in [2.05, 4.69) is 41.7 Å². The Balaban J connectivity index is 1.83. The molecule has 1 fully saturated rings. The first-order valence-electron chi connectivity index (χ1n) is 10.7. The molecule has 1 aliphatic heterocycles. The number of hydrogen-bond acceptors (Lipinski definition) is 3. The zero-order valence-electron chi connectivity index (χ0n) is 18.8. The summed E-state index contributed by atoms with van der Waals surface area (Å²) in [5.41, 5.74) is 2.08. The maximum atomic E-state index is 11.8. The number of rotatable bonds is 6. The zero-order chi connectivity index (χ0) is 21.4. The first-order chi connectivity index (χ1) is 13.7. The highest BCUT2D eigenvalue weighted by Gasteiger charge is 2.35. The van der Waals surface area contributed by atoms with E-state index < -0.39 is 0 Å². The minimum Gasteiger partial charge on any atom is -0.377 e. The molecule has 3 N–H and O–H groups in total. The maximum Gasteiger partial charge on any atom is 0.226 e. The molecule has 6 nitrogen and oxygen atoms in total. The van der Waals surface area contributed by atoms with E-state index in [9.17, 15) is 4.79 Å². The third-order valence-corrected chi connectivity index (χ3v) is 5.26. The van der Waals surface area contributed by atoms with Gasteiger partial charge in [-0.15, -0.1) is 0 Å². The second kappa shape index (κ2) is 10.6. The van der Waals surface area contributed by atoms with Crippen LogP contribution in [0.3, 0.4) is 0 Å². The number of carbonyl (C=O) groups excluding carboxylic acids is 1. The number of ether oxygens (including phenoxy) is 1. The van der Waals surface area contributed by atoms with Crippen LogP contribution in [0.25, 0.3) is 0 Å².